The standard InChI is InChI=1S/C26H27FN4O4/c1-4-34-24-18(9-6-10-19(24)26(33)35-5-2)21-14-22(30-15-29-21)28-12-13-31-23-17(16(3)25(31)32)8-7-11-20(23)27/h6-11,14-16H,4-5,12-13H2,1-3H3,(H,28,29,30). The number of aromatic nitrogens is 2. The van der Waals surface area contributed by atoms with Crippen molar-refractivity contribution in [2.75, 3.05) is 36.5 Å². The Morgan fingerprint density at radius 2 is 1.94 bits per heavy atom. The van der Waals surface area contributed by atoms with Gasteiger partial charge in [-0.1, -0.05) is 18.2 Å². The Balaban J connectivity index is 1.53. The molecule has 0 bridgehead atoms. The zero-order valence-electron chi connectivity index (χ0n) is 19.9. The molecule has 0 saturated carbocycles. The fourth-order valence-electron chi connectivity index (χ4n) is 4.17. The molecule has 1 aliphatic heterocycles. The minimum Gasteiger partial charge on any atom is -0.492 e. The number of fused-ring (bicyclic) bond motifs is 1. The van der Waals surface area contributed by atoms with Crippen molar-refractivity contribution in [1.82, 2.24) is 9.97 Å². The molecule has 0 spiro atoms. The van der Waals surface area contributed by atoms with Crippen LogP contribution in [0.15, 0.2) is 48.8 Å². The van der Waals surface area contributed by atoms with E-state index >= 15 is 0 Å². The molecule has 1 aromatic heterocycles. The summed E-state index contributed by atoms with van der Waals surface area (Å²) in [7, 11) is 0. The molecule has 9 heteroatoms. The second kappa shape index (κ2) is 10.5. The molecule has 0 saturated heterocycles. The molecule has 3 aromatic rings. The average Bonchev–Trinajstić information content (AvgIpc) is 3.10. The SMILES string of the molecule is CCOC(=O)c1cccc(-c2cc(NCCN3C(=O)C(C)c4cccc(F)c43)ncn2)c1OCC. The molecule has 4 rings (SSSR count). The molecule has 182 valence electrons. The average molecular weight is 479 g/mol. The van der Waals surface area contributed by atoms with Gasteiger partial charge in [-0.25, -0.2) is 19.2 Å². The Morgan fingerprint density at radius 1 is 1.14 bits per heavy atom. The summed E-state index contributed by atoms with van der Waals surface area (Å²) in [6, 6.07) is 11.7. The van der Waals surface area contributed by atoms with Gasteiger partial charge in [-0.3, -0.25) is 4.79 Å². The summed E-state index contributed by atoms with van der Waals surface area (Å²) in [5.41, 5.74) is 2.54. The van der Waals surface area contributed by atoms with Crippen molar-refractivity contribution in [3.05, 3.63) is 65.7 Å². The van der Waals surface area contributed by atoms with E-state index in [2.05, 4.69) is 15.3 Å². The molecule has 0 fully saturated rings. The Morgan fingerprint density at radius 3 is 2.71 bits per heavy atom. The first-order valence-electron chi connectivity index (χ1n) is 11.5. The monoisotopic (exact) mass is 478 g/mol. The second-order valence-corrected chi connectivity index (χ2v) is 7.94. The highest BCUT2D eigenvalue weighted by atomic mass is 19.1. The van der Waals surface area contributed by atoms with Gasteiger partial charge in [0, 0.05) is 24.7 Å². The van der Waals surface area contributed by atoms with Gasteiger partial charge in [-0.05, 0) is 44.5 Å². The molecule has 1 aliphatic rings. The molecule has 0 radical (unpaired) electrons. The smallest absolute Gasteiger partial charge is 0.341 e. The lowest BCUT2D eigenvalue weighted by Crippen LogP contribution is -2.33. The molecule has 1 amide bonds. The third-order valence-electron chi connectivity index (χ3n) is 5.77. The van der Waals surface area contributed by atoms with Gasteiger partial charge in [0.1, 0.15) is 29.3 Å². The molecular formula is C26H27FN4O4. The largest absolute Gasteiger partial charge is 0.492 e. The van der Waals surface area contributed by atoms with Crippen LogP contribution in [0.5, 0.6) is 5.75 Å². The predicted octanol–water partition coefficient (Wildman–Crippen LogP) is 4.42. The molecular weight excluding hydrogens is 451 g/mol. The quantitative estimate of drug-likeness (QED) is 0.455. The maximum Gasteiger partial charge on any atom is 0.341 e. The van der Waals surface area contributed by atoms with Gasteiger partial charge in [0.15, 0.2) is 0 Å². The van der Waals surface area contributed by atoms with Crippen LogP contribution in [0.25, 0.3) is 11.3 Å². The fraction of sp³-hybridized carbons (Fsp3) is 0.308. The van der Waals surface area contributed by atoms with Crippen LogP contribution in [-0.2, 0) is 9.53 Å². The number of ether oxygens (including phenoxy) is 2. The van der Waals surface area contributed by atoms with Crippen molar-refractivity contribution in [3.63, 3.8) is 0 Å². The molecule has 2 aromatic carbocycles. The first-order valence-corrected chi connectivity index (χ1v) is 11.5. The summed E-state index contributed by atoms with van der Waals surface area (Å²) >= 11 is 0. The van der Waals surface area contributed by atoms with Crippen LogP contribution in [0, 0.1) is 5.82 Å². The first-order chi connectivity index (χ1) is 17.0. The number of anilines is 2. The number of para-hydroxylation sites is 2. The Bertz CT molecular complexity index is 1250. The van der Waals surface area contributed by atoms with Crippen molar-refractivity contribution < 1.29 is 23.5 Å². The summed E-state index contributed by atoms with van der Waals surface area (Å²) < 4.78 is 25.4. The maximum absolute atomic E-state index is 14.4. The van der Waals surface area contributed by atoms with Gasteiger partial charge < -0.3 is 19.7 Å². The van der Waals surface area contributed by atoms with Crippen LogP contribution >= 0.6 is 0 Å². The van der Waals surface area contributed by atoms with Crippen LogP contribution in [0.1, 0.15) is 42.6 Å². The lowest BCUT2D eigenvalue weighted by molar-refractivity contribution is -0.118. The number of carbonyl (C=O) groups is 2. The van der Waals surface area contributed by atoms with Crippen LogP contribution in [-0.4, -0.2) is 48.1 Å². The van der Waals surface area contributed by atoms with Crippen LogP contribution in [0.2, 0.25) is 0 Å². The van der Waals surface area contributed by atoms with Crippen LogP contribution < -0.4 is 15.0 Å². The second-order valence-electron chi connectivity index (χ2n) is 7.94. The number of hydrogen-bond acceptors (Lipinski definition) is 7. The number of amides is 1. The van der Waals surface area contributed by atoms with E-state index in [1.165, 1.54) is 17.3 Å². The summed E-state index contributed by atoms with van der Waals surface area (Å²) in [5.74, 6) is -0.478. The number of carbonyl (C=O) groups excluding carboxylic acids is 2. The summed E-state index contributed by atoms with van der Waals surface area (Å²) in [6.45, 7) is 6.60. The fourth-order valence-corrected chi connectivity index (χ4v) is 4.17. The van der Waals surface area contributed by atoms with E-state index in [0.29, 0.717) is 52.8 Å². The lowest BCUT2D eigenvalue weighted by Gasteiger charge is -2.19. The molecule has 8 nitrogen and oxygen atoms in total. The maximum atomic E-state index is 14.4. The number of esters is 1. The van der Waals surface area contributed by atoms with Crippen LogP contribution in [0.3, 0.4) is 0 Å². The van der Waals surface area contributed by atoms with Gasteiger partial charge in [-0.15, -0.1) is 0 Å². The normalized spacial score (nSPS) is 14.6. The number of halogens is 1. The van der Waals surface area contributed by atoms with Crippen molar-refractivity contribution in [3.8, 4) is 17.0 Å². The van der Waals surface area contributed by atoms with E-state index in [-0.39, 0.29) is 25.0 Å². The number of benzene rings is 2. The molecule has 2 heterocycles. The van der Waals surface area contributed by atoms with Gasteiger partial charge in [0.2, 0.25) is 5.91 Å². The molecule has 1 atom stereocenters. The van der Waals surface area contributed by atoms with E-state index < -0.39 is 11.8 Å². The summed E-state index contributed by atoms with van der Waals surface area (Å²) in [5, 5.41) is 3.18. The third-order valence-corrected chi connectivity index (χ3v) is 5.77. The first kappa shape index (κ1) is 24.1. The van der Waals surface area contributed by atoms with E-state index in [0.717, 1.165) is 0 Å². The minimum atomic E-state index is -0.470. The van der Waals surface area contributed by atoms with Crippen molar-refractivity contribution >= 4 is 23.4 Å². The molecule has 0 aliphatic carbocycles. The van der Waals surface area contributed by atoms with Gasteiger partial charge in [0.25, 0.3) is 0 Å². The third kappa shape index (κ3) is 4.80. The van der Waals surface area contributed by atoms with Gasteiger partial charge in [0.05, 0.1) is 30.5 Å². The lowest BCUT2D eigenvalue weighted by atomic mass is 10.0. The number of nitrogens with one attached hydrogen (secondary N) is 1. The highest BCUT2D eigenvalue weighted by molar-refractivity contribution is 6.04. The van der Waals surface area contributed by atoms with Crippen molar-refractivity contribution in [2.24, 2.45) is 0 Å². The highest BCUT2D eigenvalue weighted by Crippen LogP contribution is 2.38. The van der Waals surface area contributed by atoms with E-state index in [4.69, 9.17) is 9.47 Å². The van der Waals surface area contributed by atoms with E-state index in [1.807, 2.05) is 13.0 Å². The highest BCUT2D eigenvalue weighted by Gasteiger charge is 2.35. The van der Waals surface area contributed by atoms with E-state index in [1.54, 1.807) is 44.2 Å². The topological polar surface area (TPSA) is 93.7 Å². The van der Waals surface area contributed by atoms with Crippen molar-refractivity contribution in [2.45, 2.75) is 26.7 Å². The van der Waals surface area contributed by atoms with Gasteiger partial charge in [-0.2, -0.15) is 0 Å². The number of rotatable bonds is 9. The predicted molar refractivity (Wildman–Crippen MR) is 130 cm³/mol. The number of nitrogens with zero attached hydrogens (tertiary/aromatic N) is 3. The Hall–Kier alpha value is -4.01. The Labute approximate surface area is 203 Å². The molecule has 35 heavy (non-hydrogen) atoms. The minimum absolute atomic E-state index is 0.132. The van der Waals surface area contributed by atoms with Crippen LogP contribution in [0.4, 0.5) is 15.9 Å². The zero-order chi connectivity index (χ0) is 24.9. The van der Waals surface area contributed by atoms with E-state index in [9.17, 15) is 14.0 Å². The van der Waals surface area contributed by atoms with Gasteiger partial charge >= 0.3 is 5.97 Å². The molecule has 1 unspecified atom stereocenters. The molecule has 1 N–H and O–H groups in total. The number of hydrogen-bond donors (Lipinski definition) is 1. The Kier molecular flexibility index (Phi) is 7.24. The zero-order valence-corrected chi connectivity index (χ0v) is 19.9. The summed E-state index contributed by atoms with van der Waals surface area (Å²) in [6.07, 6.45) is 1.41. The summed E-state index contributed by atoms with van der Waals surface area (Å²) in [4.78, 5) is 35.2. The van der Waals surface area contributed by atoms with Crippen molar-refractivity contribution in [1.29, 1.82) is 0 Å².